The van der Waals surface area contributed by atoms with Crippen LogP contribution in [0.25, 0.3) is 11.1 Å². The van der Waals surface area contributed by atoms with Crippen LogP contribution in [0.1, 0.15) is 18.7 Å². The van der Waals surface area contributed by atoms with Gasteiger partial charge >= 0.3 is 6.03 Å². The van der Waals surface area contributed by atoms with Crippen molar-refractivity contribution in [2.45, 2.75) is 19.8 Å². The monoisotopic (exact) mass is 318 g/mol. The van der Waals surface area contributed by atoms with Gasteiger partial charge in [0.2, 0.25) is 0 Å². The van der Waals surface area contributed by atoms with Gasteiger partial charge in [-0.25, -0.2) is 19.7 Å². The van der Waals surface area contributed by atoms with Crippen LogP contribution in [0.5, 0.6) is 0 Å². The summed E-state index contributed by atoms with van der Waals surface area (Å²) >= 11 is 6.16. The standard InChI is InChI=1S/C15H15ClN4O2/c1-9-17-13-12(6-5-11(16)14(13)22-9)20-10(2)18-7-3-4-8-19(18)15(20)21/h5-6H,2-4,7-8H2,1H3. The number of amides is 2. The Bertz CT molecular complexity index is 776. The molecule has 3 heterocycles. The van der Waals surface area contributed by atoms with Crippen molar-refractivity contribution in [2.24, 2.45) is 0 Å². The molecule has 4 rings (SSSR count). The van der Waals surface area contributed by atoms with Crippen LogP contribution in [0.4, 0.5) is 10.5 Å². The molecule has 2 aromatic rings. The van der Waals surface area contributed by atoms with Gasteiger partial charge in [-0.3, -0.25) is 5.01 Å². The first-order valence-corrected chi connectivity index (χ1v) is 7.59. The Morgan fingerprint density at radius 3 is 2.73 bits per heavy atom. The van der Waals surface area contributed by atoms with Crippen LogP contribution in [0.15, 0.2) is 28.9 Å². The van der Waals surface area contributed by atoms with E-state index in [4.69, 9.17) is 16.0 Å². The third kappa shape index (κ3) is 1.73. The van der Waals surface area contributed by atoms with E-state index in [0.717, 1.165) is 19.4 Å². The molecule has 2 amide bonds. The molecule has 0 unspecified atom stereocenters. The summed E-state index contributed by atoms with van der Waals surface area (Å²) in [7, 11) is 0. The van der Waals surface area contributed by atoms with Crippen molar-refractivity contribution in [1.29, 1.82) is 0 Å². The molecule has 0 N–H and O–H groups in total. The van der Waals surface area contributed by atoms with Crippen LogP contribution >= 0.6 is 11.6 Å². The van der Waals surface area contributed by atoms with Gasteiger partial charge in [-0.15, -0.1) is 0 Å². The van der Waals surface area contributed by atoms with Gasteiger partial charge in [0, 0.05) is 20.0 Å². The second kappa shape index (κ2) is 4.64. The van der Waals surface area contributed by atoms with E-state index in [0.29, 0.717) is 40.1 Å². The first-order valence-electron chi connectivity index (χ1n) is 7.21. The first kappa shape index (κ1) is 13.5. The van der Waals surface area contributed by atoms with Crippen molar-refractivity contribution in [3.8, 4) is 0 Å². The van der Waals surface area contributed by atoms with Gasteiger partial charge in [-0.2, -0.15) is 0 Å². The topological polar surface area (TPSA) is 52.8 Å². The quantitative estimate of drug-likeness (QED) is 0.807. The number of benzene rings is 1. The zero-order valence-electron chi connectivity index (χ0n) is 12.2. The third-order valence-corrected chi connectivity index (χ3v) is 4.37. The van der Waals surface area contributed by atoms with E-state index in [1.54, 1.807) is 29.0 Å². The van der Waals surface area contributed by atoms with E-state index in [-0.39, 0.29) is 6.03 Å². The maximum Gasteiger partial charge on any atom is 0.349 e. The minimum atomic E-state index is -0.103. The average molecular weight is 319 g/mol. The number of aromatic nitrogens is 1. The number of halogens is 1. The molecular weight excluding hydrogens is 304 g/mol. The smallest absolute Gasteiger partial charge is 0.349 e. The predicted octanol–water partition coefficient (Wildman–Crippen LogP) is 3.51. The molecule has 1 aromatic heterocycles. The zero-order chi connectivity index (χ0) is 15.4. The molecule has 2 saturated heterocycles. The summed E-state index contributed by atoms with van der Waals surface area (Å²) in [4.78, 5) is 18.7. The van der Waals surface area contributed by atoms with Crippen LogP contribution in [0, 0.1) is 6.92 Å². The Kier molecular flexibility index (Phi) is 2.84. The van der Waals surface area contributed by atoms with Crippen LogP contribution < -0.4 is 4.90 Å². The third-order valence-electron chi connectivity index (χ3n) is 4.07. The predicted molar refractivity (Wildman–Crippen MR) is 83.4 cm³/mol. The largest absolute Gasteiger partial charge is 0.439 e. The normalized spacial score (nSPS) is 18.5. The molecule has 7 heteroatoms. The van der Waals surface area contributed by atoms with Crippen LogP contribution in [0.3, 0.4) is 0 Å². The van der Waals surface area contributed by atoms with Crippen LogP contribution in [0.2, 0.25) is 5.02 Å². The van der Waals surface area contributed by atoms with E-state index < -0.39 is 0 Å². The molecule has 0 atom stereocenters. The number of oxazole rings is 1. The second-order valence-corrected chi connectivity index (χ2v) is 5.87. The van der Waals surface area contributed by atoms with Crippen molar-refractivity contribution in [1.82, 2.24) is 15.0 Å². The number of rotatable bonds is 1. The Morgan fingerprint density at radius 2 is 2.00 bits per heavy atom. The van der Waals surface area contributed by atoms with Crippen LogP contribution in [-0.4, -0.2) is 34.1 Å². The highest BCUT2D eigenvalue weighted by molar-refractivity contribution is 6.35. The summed E-state index contributed by atoms with van der Waals surface area (Å²) in [6.07, 6.45) is 2.05. The number of carbonyl (C=O) groups excluding carboxylic acids is 1. The fourth-order valence-corrected chi connectivity index (χ4v) is 3.26. The molecule has 0 saturated carbocycles. The van der Waals surface area contributed by atoms with Gasteiger partial charge in [0.05, 0.1) is 10.7 Å². The number of hydrogen-bond donors (Lipinski definition) is 0. The maximum atomic E-state index is 12.7. The summed E-state index contributed by atoms with van der Waals surface area (Å²) in [6, 6.07) is 3.40. The number of carbonyl (C=O) groups is 1. The van der Waals surface area contributed by atoms with Gasteiger partial charge in [-0.05, 0) is 25.0 Å². The molecule has 2 fully saturated rings. The number of aryl methyl sites for hydroxylation is 1. The molecule has 0 bridgehead atoms. The molecule has 114 valence electrons. The highest BCUT2D eigenvalue weighted by Gasteiger charge is 2.41. The SMILES string of the molecule is C=C1N(c2ccc(Cl)c3oc(C)nc23)C(=O)N2CCCCN12. The van der Waals surface area contributed by atoms with E-state index >= 15 is 0 Å². The Morgan fingerprint density at radius 1 is 1.27 bits per heavy atom. The molecule has 6 nitrogen and oxygen atoms in total. The molecule has 2 aliphatic heterocycles. The lowest BCUT2D eigenvalue weighted by Gasteiger charge is -2.32. The fourth-order valence-electron chi connectivity index (χ4n) is 3.06. The summed E-state index contributed by atoms with van der Waals surface area (Å²) in [5.41, 5.74) is 1.73. The van der Waals surface area contributed by atoms with Gasteiger partial charge in [0.25, 0.3) is 0 Å². The molecule has 0 spiro atoms. The summed E-state index contributed by atoms with van der Waals surface area (Å²) in [6.45, 7) is 7.35. The maximum absolute atomic E-state index is 12.7. The lowest BCUT2D eigenvalue weighted by atomic mass is 10.2. The van der Waals surface area contributed by atoms with E-state index in [1.165, 1.54) is 0 Å². The lowest BCUT2D eigenvalue weighted by Crippen LogP contribution is -2.43. The van der Waals surface area contributed by atoms with Crippen molar-refractivity contribution in [3.63, 3.8) is 0 Å². The fraction of sp³-hybridized carbons (Fsp3) is 0.333. The summed E-state index contributed by atoms with van der Waals surface area (Å²) < 4.78 is 5.55. The highest BCUT2D eigenvalue weighted by Crippen LogP contribution is 2.38. The molecule has 22 heavy (non-hydrogen) atoms. The van der Waals surface area contributed by atoms with Gasteiger partial charge in [0.1, 0.15) is 11.3 Å². The van der Waals surface area contributed by atoms with Crippen molar-refractivity contribution in [3.05, 3.63) is 35.4 Å². The Hall–Kier alpha value is -2.21. The number of fused-ring (bicyclic) bond motifs is 2. The second-order valence-electron chi connectivity index (χ2n) is 5.46. The number of urea groups is 1. The number of hydrazine groups is 1. The van der Waals surface area contributed by atoms with Gasteiger partial charge < -0.3 is 4.42 Å². The highest BCUT2D eigenvalue weighted by atomic mass is 35.5. The number of hydrogen-bond acceptors (Lipinski definition) is 4. The van der Waals surface area contributed by atoms with Crippen molar-refractivity contribution >= 4 is 34.4 Å². The zero-order valence-corrected chi connectivity index (χ0v) is 12.9. The molecule has 0 aliphatic carbocycles. The van der Waals surface area contributed by atoms with Crippen molar-refractivity contribution in [2.75, 3.05) is 18.0 Å². The number of anilines is 1. The molecule has 0 radical (unpaired) electrons. The first-order chi connectivity index (χ1) is 10.6. The average Bonchev–Trinajstić information content (AvgIpc) is 3.02. The Balaban J connectivity index is 1.87. The van der Waals surface area contributed by atoms with Gasteiger partial charge in [0.15, 0.2) is 11.5 Å². The minimum Gasteiger partial charge on any atom is -0.439 e. The van der Waals surface area contributed by atoms with Crippen molar-refractivity contribution < 1.29 is 9.21 Å². The lowest BCUT2D eigenvalue weighted by molar-refractivity contribution is 0.0500. The molecular formula is C15H15ClN4O2. The summed E-state index contributed by atoms with van der Waals surface area (Å²) in [5, 5.41) is 4.15. The van der Waals surface area contributed by atoms with Gasteiger partial charge in [-0.1, -0.05) is 18.2 Å². The molecule has 1 aromatic carbocycles. The summed E-state index contributed by atoms with van der Waals surface area (Å²) in [5.74, 6) is 1.16. The van der Waals surface area contributed by atoms with Crippen LogP contribution in [-0.2, 0) is 0 Å². The molecule has 2 aliphatic rings. The van der Waals surface area contributed by atoms with E-state index in [2.05, 4.69) is 11.6 Å². The van der Waals surface area contributed by atoms with E-state index in [1.807, 2.05) is 5.01 Å². The van der Waals surface area contributed by atoms with E-state index in [9.17, 15) is 4.79 Å². The Labute approximate surface area is 132 Å². The number of nitrogens with zero attached hydrogens (tertiary/aromatic N) is 4. The minimum absolute atomic E-state index is 0.103.